The van der Waals surface area contributed by atoms with Crippen LogP contribution in [0.5, 0.6) is 0 Å². The summed E-state index contributed by atoms with van der Waals surface area (Å²) >= 11 is 0. The summed E-state index contributed by atoms with van der Waals surface area (Å²) in [4.78, 5) is 0. The molecule has 0 saturated carbocycles. The smallest absolute Gasteiger partial charge is 0.0822 e. The van der Waals surface area contributed by atoms with E-state index in [0.29, 0.717) is 0 Å². The Bertz CT molecular complexity index is 92.1. The second-order valence-electron chi connectivity index (χ2n) is 3.91. The lowest BCUT2D eigenvalue weighted by molar-refractivity contribution is 0.118. The van der Waals surface area contributed by atoms with Gasteiger partial charge in [0, 0.05) is 13.2 Å². The van der Waals surface area contributed by atoms with Crippen molar-refractivity contribution in [2.24, 2.45) is 5.92 Å². The Morgan fingerprint density at radius 1 is 1.00 bits per heavy atom. The molecule has 0 N–H and O–H groups in total. The number of unbranched alkanes of at least 4 members (excludes halogenated alkanes) is 3. The van der Waals surface area contributed by atoms with Crippen molar-refractivity contribution in [1.82, 2.24) is 0 Å². The molecule has 0 aliphatic heterocycles. The monoisotopic (exact) mass is 187 g/mol. The van der Waals surface area contributed by atoms with Crippen molar-refractivity contribution in [3.8, 4) is 0 Å². The normalized spacial score (nSPS) is 11.1. The van der Waals surface area contributed by atoms with Crippen molar-refractivity contribution in [3.63, 3.8) is 0 Å². The van der Waals surface area contributed by atoms with Crippen LogP contribution in [0, 0.1) is 5.92 Å². The summed E-state index contributed by atoms with van der Waals surface area (Å²) < 4.78 is 5.45. The molecule has 79 valence electrons. The Kier molecular flexibility index (Phi) is 9.94. The lowest BCUT2D eigenvalue weighted by Gasteiger charge is -2.05. The van der Waals surface area contributed by atoms with Gasteiger partial charge in [-0.05, 0) is 25.2 Å². The molecule has 0 amide bonds. The zero-order valence-corrected chi connectivity index (χ0v) is 9.05. The minimum absolute atomic E-state index is 0.0776. The van der Waals surface area contributed by atoms with E-state index in [1.54, 1.807) is 0 Å². The molecule has 0 heterocycles. The van der Waals surface area contributed by atoms with Gasteiger partial charge in [0.25, 0.3) is 0 Å². The fourth-order valence-electron chi connectivity index (χ4n) is 1.08. The van der Waals surface area contributed by atoms with E-state index < -0.39 is 0 Å². The number of hydrogen-bond acceptors (Lipinski definition) is 1. The van der Waals surface area contributed by atoms with Crippen LogP contribution < -0.4 is 0 Å². The molecule has 0 rings (SSSR count). The molecular weight excluding hydrogens is 164 g/mol. The molecule has 2 heteroatoms. The summed E-state index contributed by atoms with van der Waals surface area (Å²) in [6.07, 6.45) is 5.30. The zero-order valence-electron chi connectivity index (χ0n) is 9.05. The molecule has 0 atom stereocenters. The molecule has 0 saturated heterocycles. The average molecular weight is 187 g/mol. The third kappa shape index (κ3) is 11.9. The topological polar surface area (TPSA) is 29.1 Å². The molecule has 0 aliphatic carbocycles. The van der Waals surface area contributed by atoms with E-state index in [4.69, 9.17) is 4.74 Å². The van der Waals surface area contributed by atoms with Crippen LogP contribution in [0.4, 0.5) is 0 Å². The van der Waals surface area contributed by atoms with Crippen LogP contribution in [0.3, 0.4) is 0 Å². The Labute approximate surface area is 82.3 Å². The lowest BCUT2D eigenvalue weighted by atomic mass is 10.1. The molecule has 0 aromatic heterocycles. The maximum atomic E-state index is 10.1. The quantitative estimate of drug-likeness (QED) is 0.510. The van der Waals surface area contributed by atoms with Gasteiger partial charge in [0.15, 0.2) is 0 Å². The maximum Gasteiger partial charge on any atom is 0.0822 e. The van der Waals surface area contributed by atoms with Gasteiger partial charge >= 0.3 is 0 Å². The van der Waals surface area contributed by atoms with Crippen LogP contribution >= 0.6 is 0 Å². The lowest BCUT2D eigenvalue weighted by Crippen LogP contribution is -2.00. The van der Waals surface area contributed by atoms with Crippen molar-refractivity contribution in [3.05, 3.63) is 0 Å². The van der Waals surface area contributed by atoms with Crippen molar-refractivity contribution in [1.29, 1.82) is 0 Å². The number of rotatable bonds is 9. The standard InChI is InChI=1S/C11H23O2/c1-11(2)7-10-13-9-6-4-3-5-8-12/h11H,3-10H2,1-2H3. The van der Waals surface area contributed by atoms with Gasteiger partial charge in [-0.3, -0.25) is 0 Å². The molecule has 0 spiro atoms. The minimum atomic E-state index is 0.0776. The van der Waals surface area contributed by atoms with Gasteiger partial charge in [-0.1, -0.05) is 26.7 Å². The van der Waals surface area contributed by atoms with Gasteiger partial charge in [0.1, 0.15) is 0 Å². The summed E-state index contributed by atoms with van der Waals surface area (Å²) in [7, 11) is 0. The molecule has 0 unspecified atom stereocenters. The average Bonchev–Trinajstić information content (AvgIpc) is 2.09. The van der Waals surface area contributed by atoms with Crippen LogP contribution in [-0.4, -0.2) is 19.8 Å². The molecular formula is C11H23O2. The van der Waals surface area contributed by atoms with Crippen LogP contribution in [-0.2, 0) is 9.84 Å². The van der Waals surface area contributed by atoms with E-state index in [-0.39, 0.29) is 6.61 Å². The fraction of sp³-hybridized carbons (Fsp3) is 1.00. The fourth-order valence-corrected chi connectivity index (χ4v) is 1.08. The Balaban J connectivity index is 2.84. The van der Waals surface area contributed by atoms with E-state index in [0.717, 1.165) is 51.2 Å². The van der Waals surface area contributed by atoms with Crippen molar-refractivity contribution in [2.75, 3.05) is 19.8 Å². The summed E-state index contributed by atoms with van der Waals surface area (Å²) in [6.45, 7) is 6.24. The minimum Gasteiger partial charge on any atom is -0.381 e. The first-order valence-electron chi connectivity index (χ1n) is 5.43. The summed E-state index contributed by atoms with van der Waals surface area (Å²) in [6, 6.07) is 0. The van der Waals surface area contributed by atoms with Gasteiger partial charge in [-0.25, -0.2) is 5.11 Å². The van der Waals surface area contributed by atoms with Crippen LogP contribution in [0.2, 0.25) is 0 Å². The Morgan fingerprint density at radius 3 is 2.31 bits per heavy atom. The SMILES string of the molecule is CC(C)CCOCCCCCC[O]. The van der Waals surface area contributed by atoms with E-state index in [1.165, 1.54) is 0 Å². The van der Waals surface area contributed by atoms with Gasteiger partial charge < -0.3 is 4.74 Å². The Hall–Kier alpha value is -0.0800. The summed E-state index contributed by atoms with van der Waals surface area (Å²) in [5.74, 6) is 0.737. The second-order valence-corrected chi connectivity index (χ2v) is 3.91. The van der Waals surface area contributed by atoms with E-state index >= 15 is 0 Å². The van der Waals surface area contributed by atoms with E-state index in [9.17, 15) is 5.11 Å². The first kappa shape index (κ1) is 12.9. The van der Waals surface area contributed by atoms with Crippen LogP contribution in [0.1, 0.15) is 46.0 Å². The van der Waals surface area contributed by atoms with Gasteiger partial charge in [0.05, 0.1) is 6.61 Å². The second kappa shape index (κ2) is 10.0. The Morgan fingerprint density at radius 2 is 1.69 bits per heavy atom. The molecule has 0 aromatic rings. The number of ether oxygens (including phenoxy) is 1. The molecule has 0 fully saturated rings. The summed E-state index contributed by atoms with van der Waals surface area (Å²) in [5, 5.41) is 10.1. The maximum absolute atomic E-state index is 10.1. The molecule has 2 nitrogen and oxygen atoms in total. The zero-order chi connectivity index (χ0) is 9.94. The largest absolute Gasteiger partial charge is 0.381 e. The first-order valence-corrected chi connectivity index (χ1v) is 5.43. The van der Waals surface area contributed by atoms with Crippen LogP contribution in [0.15, 0.2) is 0 Å². The van der Waals surface area contributed by atoms with Crippen molar-refractivity contribution < 1.29 is 9.84 Å². The highest BCUT2D eigenvalue weighted by Gasteiger charge is 1.94. The number of hydrogen-bond donors (Lipinski definition) is 0. The predicted molar refractivity (Wildman–Crippen MR) is 54.3 cm³/mol. The predicted octanol–water partition coefficient (Wildman–Crippen LogP) is 3.04. The van der Waals surface area contributed by atoms with Crippen molar-refractivity contribution in [2.45, 2.75) is 46.0 Å². The van der Waals surface area contributed by atoms with Gasteiger partial charge in [0.2, 0.25) is 0 Å². The molecule has 0 bridgehead atoms. The van der Waals surface area contributed by atoms with E-state index in [2.05, 4.69) is 13.8 Å². The highest BCUT2D eigenvalue weighted by atomic mass is 16.5. The van der Waals surface area contributed by atoms with E-state index in [1.807, 2.05) is 0 Å². The highest BCUT2D eigenvalue weighted by Crippen LogP contribution is 2.02. The van der Waals surface area contributed by atoms with Gasteiger partial charge in [-0.15, -0.1) is 0 Å². The third-order valence-electron chi connectivity index (χ3n) is 2.02. The van der Waals surface area contributed by atoms with Gasteiger partial charge in [-0.2, -0.15) is 0 Å². The first-order chi connectivity index (χ1) is 6.27. The third-order valence-corrected chi connectivity index (χ3v) is 2.02. The summed E-state index contributed by atoms with van der Waals surface area (Å²) in [5.41, 5.74) is 0. The molecule has 0 aromatic carbocycles. The van der Waals surface area contributed by atoms with Crippen LogP contribution in [0.25, 0.3) is 0 Å². The molecule has 0 aliphatic rings. The molecule has 1 radical (unpaired) electrons. The van der Waals surface area contributed by atoms with Crippen molar-refractivity contribution >= 4 is 0 Å². The molecule has 13 heavy (non-hydrogen) atoms. The highest BCUT2D eigenvalue weighted by molar-refractivity contribution is 4.44.